The second-order valence-corrected chi connectivity index (χ2v) is 4.54. The van der Waals surface area contributed by atoms with E-state index in [4.69, 9.17) is 4.99 Å². The molecule has 0 N–H and O–H groups in total. The van der Waals surface area contributed by atoms with E-state index in [1.165, 1.54) is 0 Å². The molecule has 1 aliphatic rings. The quantitative estimate of drug-likeness (QED) is 0.727. The van der Waals surface area contributed by atoms with Crippen LogP contribution in [0.15, 0.2) is 88.2 Å². The fraction of sp³-hybridized carbons (Fsp3) is 0.0556. The number of hydrogen-bond donors (Lipinski definition) is 0. The van der Waals surface area contributed by atoms with Crippen LogP contribution in [0.1, 0.15) is 18.1 Å². The minimum atomic E-state index is 0.725. The third-order valence-electron chi connectivity index (χ3n) is 3.02. The highest BCUT2D eigenvalue weighted by Gasteiger charge is 2.07. The van der Waals surface area contributed by atoms with Gasteiger partial charge < -0.3 is 0 Å². The second kappa shape index (κ2) is 5.52. The van der Waals surface area contributed by atoms with Crippen molar-refractivity contribution in [1.82, 2.24) is 0 Å². The molecule has 0 aromatic heterocycles. The predicted octanol–water partition coefficient (Wildman–Crippen LogP) is 4.00. The van der Waals surface area contributed by atoms with Crippen LogP contribution in [0.5, 0.6) is 0 Å². The van der Waals surface area contributed by atoms with Crippen LogP contribution in [-0.2, 0) is 0 Å². The van der Waals surface area contributed by atoms with Gasteiger partial charge in [0.1, 0.15) is 0 Å². The number of hydrogen-bond acceptors (Lipinski definition) is 2. The largest absolute Gasteiger partial charge is 0.227 e. The predicted molar refractivity (Wildman–Crippen MR) is 83.2 cm³/mol. The van der Waals surface area contributed by atoms with Gasteiger partial charge in [-0.05, 0) is 6.92 Å². The maximum atomic E-state index is 4.69. The maximum Gasteiger partial charge on any atom is 0.160 e. The second-order valence-electron chi connectivity index (χ2n) is 4.54. The normalized spacial score (nSPS) is 14.2. The molecule has 0 unspecified atom stereocenters. The van der Waals surface area contributed by atoms with Crippen LogP contribution in [0.25, 0.3) is 0 Å². The first-order chi connectivity index (χ1) is 9.83. The van der Waals surface area contributed by atoms with Crippen molar-refractivity contribution in [3.05, 3.63) is 89.3 Å². The summed E-state index contributed by atoms with van der Waals surface area (Å²) in [6.45, 7) is 1.93. The van der Waals surface area contributed by atoms with E-state index in [1.54, 1.807) is 0 Å². The van der Waals surface area contributed by atoms with E-state index in [2.05, 4.69) is 10.7 Å². The summed E-state index contributed by atoms with van der Waals surface area (Å²) < 4.78 is 0. The van der Waals surface area contributed by atoms with Crippen molar-refractivity contribution in [2.75, 3.05) is 0 Å². The minimum Gasteiger partial charge on any atom is -0.227 e. The molecule has 0 atom stereocenters. The summed E-state index contributed by atoms with van der Waals surface area (Å²) in [5.74, 6) is 0.725. The topological polar surface area (TPSA) is 24.7 Å². The van der Waals surface area contributed by atoms with Crippen molar-refractivity contribution in [2.45, 2.75) is 6.92 Å². The molecule has 1 aliphatic heterocycles. The van der Waals surface area contributed by atoms with Crippen LogP contribution < -0.4 is 0 Å². The van der Waals surface area contributed by atoms with E-state index in [0.29, 0.717) is 0 Å². The van der Waals surface area contributed by atoms with Gasteiger partial charge in [0, 0.05) is 17.2 Å². The molecule has 2 aromatic rings. The third kappa shape index (κ3) is 2.66. The van der Waals surface area contributed by atoms with E-state index >= 15 is 0 Å². The minimum absolute atomic E-state index is 0.725. The molecule has 0 fully saturated rings. The van der Waals surface area contributed by atoms with Gasteiger partial charge in [-0.1, -0.05) is 66.4 Å². The Morgan fingerprint density at radius 3 is 2.00 bits per heavy atom. The molecule has 0 aliphatic carbocycles. The molecular formula is C18H14N2. The molecule has 96 valence electrons. The first-order valence-corrected chi connectivity index (χ1v) is 6.54. The molecule has 0 bridgehead atoms. The van der Waals surface area contributed by atoms with Crippen molar-refractivity contribution in [3.8, 4) is 0 Å². The lowest BCUT2D eigenvalue weighted by Gasteiger charge is -2.03. The summed E-state index contributed by atoms with van der Waals surface area (Å²) in [5, 5.41) is 0. The number of allylic oxidation sites excluding steroid dienone is 1. The molecule has 0 amide bonds. The van der Waals surface area contributed by atoms with Gasteiger partial charge in [0.15, 0.2) is 5.84 Å². The molecule has 0 spiro atoms. The Morgan fingerprint density at radius 1 is 0.750 bits per heavy atom. The summed E-state index contributed by atoms with van der Waals surface area (Å²) in [7, 11) is 0. The Hall–Kier alpha value is -2.70. The van der Waals surface area contributed by atoms with Crippen LogP contribution in [0.2, 0.25) is 0 Å². The van der Waals surface area contributed by atoms with Crippen molar-refractivity contribution in [2.24, 2.45) is 9.98 Å². The number of rotatable bonds is 2. The lowest BCUT2D eigenvalue weighted by atomic mass is 10.1. The van der Waals surface area contributed by atoms with Crippen LogP contribution in [0, 0.1) is 0 Å². The highest BCUT2D eigenvalue weighted by molar-refractivity contribution is 6.17. The zero-order valence-electron chi connectivity index (χ0n) is 11.2. The van der Waals surface area contributed by atoms with Gasteiger partial charge in [-0.2, -0.15) is 0 Å². The average molecular weight is 258 g/mol. The van der Waals surface area contributed by atoms with E-state index in [-0.39, 0.29) is 0 Å². The van der Waals surface area contributed by atoms with Crippen molar-refractivity contribution < 1.29 is 0 Å². The highest BCUT2D eigenvalue weighted by Crippen LogP contribution is 2.12. The Morgan fingerprint density at radius 2 is 1.35 bits per heavy atom. The van der Waals surface area contributed by atoms with Gasteiger partial charge in [-0.3, -0.25) is 0 Å². The monoisotopic (exact) mass is 258 g/mol. The van der Waals surface area contributed by atoms with Gasteiger partial charge in [0.2, 0.25) is 0 Å². The first kappa shape index (κ1) is 12.3. The number of aliphatic imine (C=N–C) groups is 2. The lowest BCUT2D eigenvalue weighted by molar-refractivity contribution is 1.30. The number of amidine groups is 1. The molecule has 2 nitrogen and oxygen atoms in total. The third-order valence-corrected chi connectivity index (χ3v) is 3.02. The van der Waals surface area contributed by atoms with Crippen molar-refractivity contribution in [3.63, 3.8) is 0 Å². The van der Waals surface area contributed by atoms with E-state index in [9.17, 15) is 0 Å². The highest BCUT2D eigenvalue weighted by atomic mass is 14.9. The van der Waals surface area contributed by atoms with Gasteiger partial charge in [0.25, 0.3) is 0 Å². The molecule has 0 radical (unpaired) electrons. The van der Waals surface area contributed by atoms with Crippen LogP contribution >= 0.6 is 0 Å². The fourth-order valence-electron chi connectivity index (χ4n) is 2.01. The van der Waals surface area contributed by atoms with Gasteiger partial charge in [-0.15, -0.1) is 0 Å². The van der Waals surface area contributed by atoms with E-state index < -0.39 is 0 Å². The van der Waals surface area contributed by atoms with Crippen molar-refractivity contribution in [1.29, 1.82) is 0 Å². The standard InChI is InChI=1S/C18H14N2/c1-14-12-13-17(15-8-4-2-5-9-15)20-18(19-14)16-10-6-3-7-11-16/h2-11,13H,1H3. The van der Waals surface area contributed by atoms with Gasteiger partial charge in [-0.25, -0.2) is 9.98 Å². The molecule has 3 rings (SSSR count). The van der Waals surface area contributed by atoms with Gasteiger partial charge >= 0.3 is 0 Å². The Bertz CT molecular complexity index is 732. The van der Waals surface area contributed by atoms with Gasteiger partial charge in [0.05, 0.1) is 11.4 Å². The van der Waals surface area contributed by atoms with Crippen molar-refractivity contribution >= 4 is 11.5 Å². The summed E-state index contributed by atoms with van der Waals surface area (Å²) in [4.78, 5) is 9.22. The summed E-state index contributed by atoms with van der Waals surface area (Å²) >= 11 is 0. The maximum absolute atomic E-state index is 4.69. The smallest absolute Gasteiger partial charge is 0.160 e. The zero-order valence-corrected chi connectivity index (χ0v) is 11.2. The fourth-order valence-corrected chi connectivity index (χ4v) is 2.01. The molecule has 2 heteroatoms. The van der Waals surface area contributed by atoms with E-state index in [0.717, 1.165) is 28.4 Å². The molecule has 2 aromatic carbocycles. The average Bonchev–Trinajstić information content (AvgIpc) is 2.71. The van der Waals surface area contributed by atoms with Crippen LogP contribution in [0.3, 0.4) is 0 Å². The molecule has 0 saturated carbocycles. The summed E-state index contributed by atoms with van der Waals surface area (Å²) in [6, 6.07) is 20.1. The SMILES string of the molecule is CC1=C=CC(c2ccccc2)=NC(c2ccccc2)=N1. The number of benzene rings is 2. The summed E-state index contributed by atoms with van der Waals surface area (Å²) in [6.07, 6.45) is 1.89. The zero-order chi connectivity index (χ0) is 13.8. The van der Waals surface area contributed by atoms with E-state index in [1.807, 2.05) is 73.7 Å². The Labute approximate surface area is 118 Å². The van der Waals surface area contributed by atoms with Crippen LogP contribution in [-0.4, -0.2) is 11.5 Å². The molecule has 20 heavy (non-hydrogen) atoms. The molecule has 0 saturated heterocycles. The molecular weight excluding hydrogens is 244 g/mol. The summed E-state index contributed by atoms with van der Waals surface area (Å²) in [5.41, 5.74) is 6.96. The Balaban J connectivity index is 2.10. The lowest BCUT2D eigenvalue weighted by Crippen LogP contribution is -2.03. The Kier molecular flexibility index (Phi) is 3.40. The number of nitrogens with zero attached hydrogens (tertiary/aromatic N) is 2. The molecule has 1 heterocycles. The van der Waals surface area contributed by atoms with Crippen LogP contribution in [0.4, 0.5) is 0 Å². The first-order valence-electron chi connectivity index (χ1n) is 6.54.